The molecular formula is C19H24INO2. The van der Waals surface area contributed by atoms with Crippen LogP contribution in [0.2, 0.25) is 0 Å². The maximum Gasteiger partial charge on any atom is 0.344 e. The average molecular weight is 425 g/mol. The maximum absolute atomic E-state index is 12.4. The van der Waals surface area contributed by atoms with Crippen molar-refractivity contribution in [3.05, 3.63) is 54.4 Å². The van der Waals surface area contributed by atoms with Crippen molar-refractivity contribution in [2.24, 2.45) is 0 Å². The highest BCUT2D eigenvalue weighted by atomic mass is 127. The number of aryl methyl sites for hydroxylation is 1. The third kappa shape index (κ3) is 5.61. The molecule has 0 unspecified atom stereocenters. The van der Waals surface area contributed by atoms with Gasteiger partial charge in [-0.05, 0) is 18.9 Å². The minimum atomic E-state index is -0.238. The molecule has 3 nitrogen and oxygen atoms in total. The normalized spacial score (nSPS) is 10.0. The Labute approximate surface area is 155 Å². The maximum atomic E-state index is 12.4. The number of aromatic nitrogens is 1. The molecule has 0 saturated heterocycles. The van der Waals surface area contributed by atoms with Gasteiger partial charge in [-0.25, -0.2) is 9.36 Å². The highest BCUT2D eigenvalue weighted by Crippen LogP contribution is 2.23. The largest absolute Gasteiger partial charge is 1.00 e. The van der Waals surface area contributed by atoms with E-state index in [1.807, 2.05) is 53.4 Å². The van der Waals surface area contributed by atoms with Gasteiger partial charge in [-0.3, -0.25) is 0 Å². The summed E-state index contributed by atoms with van der Waals surface area (Å²) in [6.45, 7) is 5.50. The molecule has 0 aliphatic carbocycles. The minimum Gasteiger partial charge on any atom is -1.00 e. The molecule has 0 aliphatic heterocycles. The van der Waals surface area contributed by atoms with Crippen molar-refractivity contribution in [3.63, 3.8) is 0 Å². The first-order valence-corrected chi connectivity index (χ1v) is 8.02. The molecule has 23 heavy (non-hydrogen) atoms. The smallest absolute Gasteiger partial charge is 0.344 e. The molecule has 4 heteroatoms. The quantitative estimate of drug-likeness (QED) is 0.287. The molecule has 0 N–H and O–H groups in total. The van der Waals surface area contributed by atoms with Gasteiger partial charge in [0.05, 0.1) is 6.61 Å². The molecule has 1 heterocycles. The number of carbonyl (C=O) groups is 1. The number of halogens is 1. The highest BCUT2D eigenvalue weighted by Gasteiger charge is 2.18. The summed E-state index contributed by atoms with van der Waals surface area (Å²) in [6, 6.07) is 11.9. The van der Waals surface area contributed by atoms with Gasteiger partial charge < -0.3 is 28.7 Å². The molecule has 0 fully saturated rings. The first-order valence-electron chi connectivity index (χ1n) is 8.02. The number of ether oxygens (including phenoxy) is 1. The summed E-state index contributed by atoms with van der Waals surface area (Å²) >= 11 is 0. The number of hydrogen-bond acceptors (Lipinski definition) is 2. The van der Waals surface area contributed by atoms with E-state index < -0.39 is 0 Å². The van der Waals surface area contributed by atoms with E-state index in [1.165, 1.54) is 0 Å². The lowest BCUT2D eigenvalue weighted by Crippen LogP contribution is -3.00. The molecule has 124 valence electrons. The number of carbonyl (C=O) groups excluding carboxylic acids is 1. The predicted octanol–water partition coefficient (Wildman–Crippen LogP) is 1.01. The van der Waals surface area contributed by atoms with Gasteiger partial charge in [0.25, 0.3) is 0 Å². The molecule has 0 amide bonds. The minimum absolute atomic E-state index is 0. The monoisotopic (exact) mass is 425 g/mol. The molecule has 0 aliphatic rings. The van der Waals surface area contributed by atoms with Crippen LogP contribution in [0.15, 0.2) is 48.8 Å². The molecular weight excluding hydrogens is 401 g/mol. The van der Waals surface area contributed by atoms with Gasteiger partial charge in [-0.15, -0.1) is 0 Å². The van der Waals surface area contributed by atoms with Crippen molar-refractivity contribution in [2.75, 3.05) is 6.61 Å². The van der Waals surface area contributed by atoms with Crippen LogP contribution in [0.3, 0.4) is 0 Å². The molecule has 0 atom stereocenters. The van der Waals surface area contributed by atoms with Gasteiger partial charge in [0, 0.05) is 11.6 Å². The van der Waals surface area contributed by atoms with Crippen molar-refractivity contribution < 1.29 is 38.1 Å². The van der Waals surface area contributed by atoms with E-state index in [0.717, 1.165) is 36.9 Å². The van der Waals surface area contributed by atoms with Crippen LogP contribution in [0.4, 0.5) is 0 Å². The first-order chi connectivity index (χ1) is 10.8. The Bertz CT molecular complexity index is 614. The average Bonchev–Trinajstić information content (AvgIpc) is 2.58. The SMILES string of the molecule is CCCCCOC(=O)c1c[n+](CC)ccc1-c1ccccc1.[I-]. The third-order valence-electron chi connectivity index (χ3n) is 3.67. The number of unbranched alkanes of at least 4 members (excludes halogenated alkanes) is 2. The van der Waals surface area contributed by atoms with Crippen LogP contribution in [0.1, 0.15) is 43.5 Å². The van der Waals surface area contributed by atoms with E-state index in [-0.39, 0.29) is 29.9 Å². The van der Waals surface area contributed by atoms with Crippen LogP contribution in [0.5, 0.6) is 0 Å². The van der Waals surface area contributed by atoms with E-state index in [2.05, 4.69) is 13.8 Å². The van der Waals surface area contributed by atoms with Gasteiger partial charge in [-0.1, -0.05) is 50.1 Å². The highest BCUT2D eigenvalue weighted by molar-refractivity contribution is 5.96. The van der Waals surface area contributed by atoms with E-state index in [4.69, 9.17) is 4.74 Å². The molecule has 0 bridgehead atoms. The molecule has 0 radical (unpaired) electrons. The third-order valence-corrected chi connectivity index (χ3v) is 3.67. The summed E-state index contributed by atoms with van der Waals surface area (Å²) in [5, 5.41) is 0. The van der Waals surface area contributed by atoms with E-state index >= 15 is 0 Å². The Hall–Kier alpha value is -1.43. The summed E-state index contributed by atoms with van der Waals surface area (Å²) in [4.78, 5) is 12.4. The lowest BCUT2D eigenvalue weighted by molar-refractivity contribution is -0.693. The fourth-order valence-corrected chi connectivity index (χ4v) is 2.36. The van der Waals surface area contributed by atoms with Crippen LogP contribution in [-0.2, 0) is 11.3 Å². The number of pyridine rings is 1. The second kappa shape index (κ2) is 10.4. The number of hydrogen-bond donors (Lipinski definition) is 0. The van der Waals surface area contributed by atoms with Gasteiger partial charge in [0.1, 0.15) is 12.1 Å². The molecule has 0 spiro atoms. The second-order valence-electron chi connectivity index (χ2n) is 5.31. The van der Waals surface area contributed by atoms with Gasteiger partial charge in [0.2, 0.25) is 0 Å². The number of esters is 1. The molecule has 1 aromatic heterocycles. The fourth-order valence-electron chi connectivity index (χ4n) is 2.36. The van der Waals surface area contributed by atoms with Crippen LogP contribution in [0, 0.1) is 0 Å². The number of benzene rings is 1. The summed E-state index contributed by atoms with van der Waals surface area (Å²) in [5.74, 6) is -0.238. The Balaban J connectivity index is 0.00000264. The van der Waals surface area contributed by atoms with Crippen molar-refractivity contribution in [3.8, 4) is 11.1 Å². The van der Waals surface area contributed by atoms with Gasteiger partial charge >= 0.3 is 5.97 Å². The van der Waals surface area contributed by atoms with Crippen molar-refractivity contribution in [1.29, 1.82) is 0 Å². The summed E-state index contributed by atoms with van der Waals surface area (Å²) in [7, 11) is 0. The zero-order chi connectivity index (χ0) is 15.8. The van der Waals surface area contributed by atoms with Crippen molar-refractivity contribution in [1.82, 2.24) is 0 Å². The summed E-state index contributed by atoms with van der Waals surface area (Å²) in [5.41, 5.74) is 2.59. The zero-order valence-corrected chi connectivity index (χ0v) is 16.0. The summed E-state index contributed by atoms with van der Waals surface area (Å²) < 4.78 is 7.43. The first kappa shape index (κ1) is 19.6. The Morgan fingerprint density at radius 2 is 1.83 bits per heavy atom. The van der Waals surface area contributed by atoms with E-state index in [9.17, 15) is 4.79 Å². The Morgan fingerprint density at radius 1 is 1.09 bits per heavy atom. The van der Waals surface area contributed by atoms with Crippen LogP contribution < -0.4 is 28.5 Å². The van der Waals surface area contributed by atoms with Crippen molar-refractivity contribution in [2.45, 2.75) is 39.7 Å². The zero-order valence-electron chi connectivity index (χ0n) is 13.8. The summed E-state index contributed by atoms with van der Waals surface area (Å²) in [6.07, 6.45) is 7.00. The van der Waals surface area contributed by atoms with Gasteiger partial charge in [-0.2, -0.15) is 0 Å². The topological polar surface area (TPSA) is 30.2 Å². The number of nitrogens with zero attached hydrogens (tertiary/aromatic N) is 1. The molecule has 1 aromatic carbocycles. The van der Waals surface area contributed by atoms with E-state index in [1.54, 1.807) is 0 Å². The fraction of sp³-hybridized carbons (Fsp3) is 0.368. The predicted molar refractivity (Wildman–Crippen MR) is 87.6 cm³/mol. The lowest BCUT2D eigenvalue weighted by atomic mass is 10.0. The van der Waals surface area contributed by atoms with Crippen LogP contribution >= 0.6 is 0 Å². The molecule has 2 rings (SSSR count). The van der Waals surface area contributed by atoms with Crippen LogP contribution in [-0.4, -0.2) is 12.6 Å². The molecule has 0 saturated carbocycles. The molecule has 2 aromatic rings. The van der Waals surface area contributed by atoms with Crippen molar-refractivity contribution >= 4 is 5.97 Å². The second-order valence-corrected chi connectivity index (χ2v) is 5.31. The Kier molecular flexibility index (Phi) is 8.84. The van der Waals surface area contributed by atoms with Gasteiger partial charge in [0.15, 0.2) is 12.4 Å². The lowest BCUT2D eigenvalue weighted by Gasteiger charge is -2.09. The van der Waals surface area contributed by atoms with Crippen LogP contribution in [0.25, 0.3) is 11.1 Å². The number of rotatable bonds is 7. The Morgan fingerprint density at radius 3 is 2.48 bits per heavy atom. The van der Waals surface area contributed by atoms with E-state index in [0.29, 0.717) is 12.2 Å². The standard InChI is InChI=1S/C19H24NO2.HI/c1-3-5-9-14-22-19(21)18-15-20(4-2)13-12-17(18)16-10-7-6-8-11-16;/h6-8,10-13,15H,3-5,9,14H2,1-2H3;1H/q+1;/p-1.